The monoisotopic (exact) mass is 293 g/mol. The van der Waals surface area contributed by atoms with Crippen LogP contribution in [0.1, 0.15) is 46.8 Å². The zero-order valence-electron chi connectivity index (χ0n) is 12.5. The van der Waals surface area contributed by atoms with Crippen molar-refractivity contribution in [2.24, 2.45) is 0 Å². The first-order valence-electron chi connectivity index (χ1n) is 8.00. The highest BCUT2D eigenvalue weighted by atomic mass is 16.1. The molecular weight excluding hydrogens is 274 g/mol. The molecule has 1 aliphatic heterocycles. The predicted molar refractivity (Wildman–Crippen MR) is 85.3 cm³/mol. The highest BCUT2D eigenvalue weighted by Gasteiger charge is 2.28. The Hall–Kier alpha value is -2.23. The van der Waals surface area contributed by atoms with Gasteiger partial charge in [0.05, 0.1) is 11.3 Å². The van der Waals surface area contributed by atoms with Crippen molar-refractivity contribution in [2.45, 2.75) is 31.6 Å². The summed E-state index contributed by atoms with van der Waals surface area (Å²) in [7, 11) is 0. The van der Waals surface area contributed by atoms with Crippen LogP contribution in [0.15, 0.2) is 36.5 Å². The third-order valence-electron chi connectivity index (χ3n) is 4.69. The first-order chi connectivity index (χ1) is 10.8. The minimum atomic E-state index is 0.170. The Bertz CT molecular complexity index is 693. The van der Waals surface area contributed by atoms with E-state index in [-0.39, 0.29) is 11.7 Å². The largest absolute Gasteiger partial charge is 0.341 e. The second kappa shape index (κ2) is 5.52. The van der Waals surface area contributed by atoms with Crippen LogP contribution in [0.5, 0.6) is 0 Å². The summed E-state index contributed by atoms with van der Waals surface area (Å²) < 4.78 is 0. The van der Waals surface area contributed by atoms with Gasteiger partial charge in [-0.05, 0) is 30.7 Å². The minimum Gasteiger partial charge on any atom is -0.341 e. The number of carbonyl (C=O) groups is 1. The molecular formula is C18H19N3O. The normalized spacial score (nSPS) is 21.0. The summed E-state index contributed by atoms with van der Waals surface area (Å²) in [5.74, 6) is 1.20. The molecule has 22 heavy (non-hydrogen) atoms. The van der Waals surface area contributed by atoms with Crippen molar-refractivity contribution < 1.29 is 4.79 Å². The summed E-state index contributed by atoms with van der Waals surface area (Å²) in [4.78, 5) is 23.8. The molecule has 1 atom stereocenters. The molecule has 0 N–H and O–H groups in total. The van der Waals surface area contributed by atoms with E-state index in [1.165, 1.54) is 18.4 Å². The number of anilines is 1. The van der Waals surface area contributed by atoms with Crippen LogP contribution in [0.25, 0.3) is 0 Å². The molecule has 112 valence electrons. The van der Waals surface area contributed by atoms with Gasteiger partial charge < -0.3 is 4.90 Å². The lowest BCUT2D eigenvalue weighted by molar-refractivity contribution is 0.0962. The zero-order chi connectivity index (χ0) is 14.9. The van der Waals surface area contributed by atoms with Gasteiger partial charge >= 0.3 is 0 Å². The summed E-state index contributed by atoms with van der Waals surface area (Å²) in [6, 6.07) is 10.3. The van der Waals surface area contributed by atoms with E-state index in [4.69, 9.17) is 4.98 Å². The number of fused-ring (bicyclic) bond motifs is 1. The van der Waals surface area contributed by atoms with Crippen molar-refractivity contribution in [1.82, 2.24) is 9.97 Å². The molecule has 4 rings (SSSR count). The molecule has 1 aromatic carbocycles. The average molecular weight is 293 g/mol. The number of nitrogens with zero attached hydrogens (tertiary/aromatic N) is 3. The maximum absolute atomic E-state index is 12.4. The van der Waals surface area contributed by atoms with Gasteiger partial charge in [-0.2, -0.15) is 0 Å². The van der Waals surface area contributed by atoms with E-state index in [9.17, 15) is 4.79 Å². The molecule has 1 aliphatic carbocycles. The molecule has 2 heterocycles. The summed E-state index contributed by atoms with van der Waals surface area (Å²) in [5, 5.41) is 0. The van der Waals surface area contributed by atoms with E-state index < -0.39 is 0 Å². The van der Waals surface area contributed by atoms with Gasteiger partial charge in [0.2, 0.25) is 5.95 Å². The maximum Gasteiger partial charge on any atom is 0.225 e. The SMILES string of the molecule is O=C1C[C@H](c2ccccc2)Cc2nc(N3CCCC3)ncc21. The molecule has 0 unspecified atom stereocenters. The highest BCUT2D eigenvalue weighted by molar-refractivity contribution is 5.98. The first kappa shape index (κ1) is 13.4. The number of rotatable bonds is 2. The molecule has 0 saturated carbocycles. The van der Waals surface area contributed by atoms with Crippen LogP contribution < -0.4 is 4.90 Å². The molecule has 2 aromatic rings. The average Bonchev–Trinajstić information content (AvgIpc) is 3.09. The molecule has 2 aliphatic rings. The third kappa shape index (κ3) is 2.39. The Kier molecular flexibility index (Phi) is 3.37. The van der Waals surface area contributed by atoms with Crippen molar-refractivity contribution in [1.29, 1.82) is 0 Å². The molecule has 0 spiro atoms. The second-order valence-electron chi connectivity index (χ2n) is 6.16. The summed E-state index contributed by atoms with van der Waals surface area (Å²) in [6.45, 7) is 2.05. The van der Waals surface area contributed by atoms with Crippen LogP contribution in [0.4, 0.5) is 5.95 Å². The molecule has 4 heteroatoms. The fourth-order valence-corrected chi connectivity index (χ4v) is 3.46. The number of benzene rings is 1. The zero-order valence-corrected chi connectivity index (χ0v) is 12.5. The van der Waals surface area contributed by atoms with E-state index in [1.54, 1.807) is 6.20 Å². The number of ketones is 1. The quantitative estimate of drug-likeness (QED) is 0.854. The lowest BCUT2D eigenvalue weighted by atomic mass is 9.82. The van der Waals surface area contributed by atoms with E-state index in [0.717, 1.165) is 36.7 Å². The first-order valence-corrected chi connectivity index (χ1v) is 8.00. The van der Waals surface area contributed by atoms with Gasteiger partial charge in [-0.3, -0.25) is 4.79 Å². The van der Waals surface area contributed by atoms with E-state index in [1.807, 2.05) is 18.2 Å². The van der Waals surface area contributed by atoms with Crippen LogP contribution in [0, 0.1) is 0 Å². The van der Waals surface area contributed by atoms with Crippen LogP contribution in [0.3, 0.4) is 0 Å². The van der Waals surface area contributed by atoms with Crippen LogP contribution in [-0.2, 0) is 6.42 Å². The van der Waals surface area contributed by atoms with Gasteiger partial charge in [-0.1, -0.05) is 30.3 Å². The smallest absolute Gasteiger partial charge is 0.225 e. The molecule has 1 saturated heterocycles. The number of hydrogen-bond donors (Lipinski definition) is 0. The Morgan fingerprint density at radius 2 is 1.82 bits per heavy atom. The van der Waals surface area contributed by atoms with Gasteiger partial charge in [0.15, 0.2) is 5.78 Å². The van der Waals surface area contributed by atoms with Gasteiger partial charge in [0, 0.05) is 25.7 Å². The molecule has 4 nitrogen and oxygen atoms in total. The standard InChI is InChI=1S/C18H19N3O/c22-17-11-14(13-6-2-1-3-7-13)10-16-15(17)12-19-18(20-16)21-8-4-5-9-21/h1-3,6-7,12,14H,4-5,8-11H2/t14-/m1/s1. The number of aromatic nitrogens is 2. The Morgan fingerprint density at radius 1 is 1.05 bits per heavy atom. The lowest BCUT2D eigenvalue weighted by Gasteiger charge is -2.24. The maximum atomic E-state index is 12.4. The fraction of sp³-hybridized carbons (Fsp3) is 0.389. The van der Waals surface area contributed by atoms with Crippen LogP contribution in [-0.4, -0.2) is 28.8 Å². The second-order valence-corrected chi connectivity index (χ2v) is 6.16. The Morgan fingerprint density at radius 3 is 2.59 bits per heavy atom. The van der Waals surface area contributed by atoms with Gasteiger partial charge in [0.25, 0.3) is 0 Å². The van der Waals surface area contributed by atoms with Crippen molar-refractivity contribution in [3.05, 3.63) is 53.3 Å². The molecule has 1 fully saturated rings. The van der Waals surface area contributed by atoms with Gasteiger partial charge in [-0.15, -0.1) is 0 Å². The number of Topliss-reactive ketones (excluding diaryl/α,β-unsaturated/α-hetero) is 1. The third-order valence-corrected chi connectivity index (χ3v) is 4.69. The highest BCUT2D eigenvalue weighted by Crippen LogP contribution is 2.32. The Labute approximate surface area is 130 Å². The van der Waals surface area contributed by atoms with Crippen LogP contribution >= 0.6 is 0 Å². The van der Waals surface area contributed by atoms with E-state index in [2.05, 4.69) is 22.0 Å². The predicted octanol–water partition coefficient (Wildman–Crippen LogP) is 2.99. The molecule has 0 amide bonds. The topological polar surface area (TPSA) is 46.1 Å². The summed E-state index contributed by atoms with van der Waals surface area (Å²) >= 11 is 0. The number of carbonyl (C=O) groups excluding carboxylic acids is 1. The molecule has 0 radical (unpaired) electrons. The summed E-state index contributed by atoms with van der Waals surface area (Å²) in [6.07, 6.45) is 5.52. The van der Waals surface area contributed by atoms with Crippen molar-refractivity contribution in [2.75, 3.05) is 18.0 Å². The minimum absolute atomic E-state index is 0.170. The van der Waals surface area contributed by atoms with Crippen LogP contribution in [0.2, 0.25) is 0 Å². The van der Waals surface area contributed by atoms with Crippen molar-refractivity contribution in [3.63, 3.8) is 0 Å². The van der Waals surface area contributed by atoms with E-state index >= 15 is 0 Å². The fourth-order valence-electron chi connectivity index (χ4n) is 3.46. The molecule has 1 aromatic heterocycles. The summed E-state index contributed by atoms with van der Waals surface area (Å²) in [5.41, 5.74) is 2.86. The van der Waals surface area contributed by atoms with E-state index in [0.29, 0.717) is 6.42 Å². The lowest BCUT2D eigenvalue weighted by Crippen LogP contribution is -2.25. The Balaban J connectivity index is 1.66. The van der Waals surface area contributed by atoms with Gasteiger partial charge in [0.1, 0.15) is 0 Å². The van der Waals surface area contributed by atoms with Gasteiger partial charge in [-0.25, -0.2) is 9.97 Å². The molecule has 0 bridgehead atoms. The van der Waals surface area contributed by atoms with Crippen molar-refractivity contribution >= 4 is 11.7 Å². The number of hydrogen-bond acceptors (Lipinski definition) is 4. The van der Waals surface area contributed by atoms with Crippen molar-refractivity contribution in [3.8, 4) is 0 Å².